The van der Waals surface area contributed by atoms with Crippen molar-refractivity contribution in [2.75, 3.05) is 7.11 Å². The van der Waals surface area contributed by atoms with E-state index in [9.17, 15) is 4.79 Å². The number of hydrogen-bond donors (Lipinski definition) is 0. The lowest BCUT2D eigenvalue weighted by Gasteiger charge is -2.13. The molecule has 0 saturated heterocycles. The second kappa shape index (κ2) is 5.08. The first-order valence-corrected chi connectivity index (χ1v) is 5.24. The molecule has 0 bridgehead atoms. The van der Waals surface area contributed by atoms with E-state index in [0.29, 0.717) is 6.42 Å². The first-order chi connectivity index (χ1) is 7.10. The molecule has 1 aromatic carbocycles. The summed E-state index contributed by atoms with van der Waals surface area (Å²) in [5.74, 6) is 0.0810. The lowest BCUT2D eigenvalue weighted by Crippen LogP contribution is -2.22. The highest BCUT2D eigenvalue weighted by molar-refractivity contribution is 6.00. The fourth-order valence-corrected chi connectivity index (χ4v) is 1.72. The molecule has 0 aliphatic heterocycles. The Kier molecular flexibility index (Phi) is 4.04. The van der Waals surface area contributed by atoms with Gasteiger partial charge in [0.2, 0.25) is 0 Å². The molecule has 0 aliphatic rings. The molecule has 15 heavy (non-hydrogen) atoms. The molecule has 0 N–H and O–H groups in total. The molecule has 0 aromatic heterocycles. The van der Waals surface area contributed by atoms with Gasteiger partial charge in [0, 0.05) is 12.7 Å². The van der Waals surface area contributed by atoms with Gasteiger partial charge in [-0.2, -0.15) is 0 Å². The van der Waals surface area contributed by atoms with Crippen LogP contribution >= 0.6 is 0 Å². The van der Waals surface area contributed by atoms with Crippen molar-refractivity contribution < 1.29 is 9.53 Å². The van der Waals surface area contributed by atoms with Crippen molar-refractivity contribution in [3.05, 3.63) is 34.9 Å². The Morgan fingerprint density at radius 3 is 2.53 bits per heavy atom. The zero-order chi connectivity index (χ0) is 11.4. The predicted octanol–water partition coefficient (Wildman–Crippen LogP) is 2.91. The van der Waals surface area contributed by atoms with Crippen LogP contribution in [0.1, 0.15) is 34.8 Å². The Labute approximate surface area is 91.3 Å². The van der Waals surface area contributed by atoms with Gasteiger partial charge in [-0.25, -0.2) is 0 Å². The van der Waals surface area contributed by atoms with Gasteiger partial charge in [-0.15, -0.1) is 0 Å². The minimum Gasteiger partial charge on any atom is -0.373 e. The van der Waals surface area contributed by atoms with E-state index in [4.69, 9.17) is 4.74 Å². The van der Waals surface area contributed by atoms with Gasteiger partial charge in [-0.1, -0.05) is 30.7 Å². The summed E-state index contributed by atoms with van der Waals surface area (Å²) >= 11 is 0. The van der Waals surface area contributed by atoms with Crippen LogP contribution in [0, 0.1) is 13.8 Å². The molecule has 2 heteroatoms. The van der Waals surface area contributed by atoms with Crippen molar-refractivity contribution >= 4 is 5.78 Å². The van der Waals surface area contributed by atoms with E-state index in [-0.39, 0.29) is 11.9 Å². The summed E-state index contributed by atoms with van der Waals surface area (Å²) in [5, 5.41) is 0. The molecule has 2 nitrogen and oxygen atoms in total. The normalized spacial score (nSPS) is 12.5. The summed E-state index contributed by atoms with van der Waals surface area (Å²) < 4.78 is 5.15. The van der Waals surface area contributed by atoms with Gasteiger partial charge in [0.1, 0.15) is 6.10 Å². The number of methoxy groups -OCH3 is 1. The van der Waals surface area contributed by atoms with Gasteiger partial charge in [-0.05, 0) is 25.8 Å². The Morgan fingerprint density at radius 2 is 2.07 bits per heavy atom. The zero-order valence-corrected chi connectivity index (χ0v) is 9.83. The molecule has 0 fully saturated rings. The molecule has 82 valence electrons. The average Bonchev–Trinajstić information content (AvgIpc) is 2.19. The Morgan fingerprint density at radius 1 is 1.40 bits per heavy atom. The van der Waals surface area contributed by atoms with Crippen molar-refractivity contribution in [1.82, 2.24) is 0 Å². The molecule has 0 amide bonds. The number of ether oxygens (including phenoxy) is 1. The topological polar surface area (TPSA) is 26.3 Å². The van der Waals surface area contributed by atoms with Gasteiger partial charge in [0.15, 0.2) is 5.78 Å². The van der Waals surface area contributed by atoms with Crippen LogP contribution in [0.15, 0.2) is 18.2 Å². The smallest absolute Gasteiger partial charge is 0.191 e. The van der Waals surface area contributed by atoms with Crippen LogP contribution in [0.4, 0.5) is 0 Å². The average molecular weight is 206 g/mol. The fourth-order valence-electron chi connectivity index (χ4n) is 1.72. The number of carbonyl (C=O) groups excluding carboxylic acids is 1. The molecular weight excluding hydrogens is 188 g/mol. The lowest BCUT2D eigenvalue weighted by molar-refractivity contribution is 0.0595. The Hall–Kier alpha value is -1.15. The zero-order valence-electron chi connectivity index (χ0n) is 9.83. The van der Waals surface area contributed by atoms with Gasteiger partial charge in [0.25, 0.3) is 0 Å². The van der Waals surface area contributed by atoms with E-state index < -0.39 is 0 Å². The first kappa shape index (κ1) is 11.9. The molecule has 1 aromatic rings. The standard InChI is InChI=1S/C13H18O2/c1-5-12(15-4)13(14)11-7-6-9(2)8-10(11)3/h6-8,12H,5H2,1-4H3. The number of hydrogen-bond acceptors (Lipinski definition) is 2. The molecule has 1 unspecified atom stereocenters. The van der Waals surface area contributed by atoms with Crippen molar-refractivity contribution in [3.8, 4) is 0 Å². The minimum absolute atomic E-state index is 0.0810. The van der Waals surface area contributed by atoms with Crippen LogP contribution in [0.25, 0.3) is 0 Å². The lowest BCUT2D eigenvalue weighted by atomic mass is 9.98. The van der Waals surface area contributed by atoms with Crippen molar-refractivity contribution in [3.63, 3.8) is 0 Å². The number of rotatable bonds is 4. The van der Waals surface area contributed by atoms with Crippen LogP contribution in [-0.2, 0) is 4.74 Å². The van der Waals surface area contributed by atoms with Gasteiger partial charge in [-0.3, -0.25) is 4.79 Å². The highest BCUT2D eigenvalue weighted by atomic mass is 16.5. The fraction of sp³-hybridized carbons (Fsp3) is 0.462. The summed E-state index contributed by atoms with van der Waals surface area (Å²) in [6.07, 6.45) is 0.397. The molecule has 1 atom stereocenters. The number of carbonyl (C=O) groups is 1. The van der Waals surface area contributed by atoms with E-state index in [1.807, 2.05) is 39.0 Å². The summed E-state index contributed by atoms with van der Waals surface area (Å²) in [6, 6.07) is 5.87. The molecule has 0 aliphatic carbocycles. The maximum Gasteiger partial charge on any atom is 0.191 e. The number of Topliss-reactive ketones (excluding diaryl/α,β-unsaturated/α-hetero) is 1. The molecule has 0 spiro atoms. The third-order valence-electron chi connectivity index (χ3n) is 2.60. The monoisotopic (exact) mass is 206 g/mol. The quantitative estimate of drug-likeness (QED) is 0.708. The number of ketones is 1. The molecule has 0 heterocycles. The van der Waals surface area contributed by atoms with Crippen LogP contribution in [0.5, 0.6) is 0 Å². The summed E-state index contributed by atoms with van der Waals surface area (Å²) in [4.78, 5) is 12.0. The maximum atomic E-state index is 12.0. The SMILES string of the molecule is CCC(OC)C(=O)c1ccc(C)cc1C. The summed E-state index contributed by atoms with van der Waals surface area (Å²) in [6.45, 7) is 5.94. The second-order valence-corrected chi connectivity index (χ2v) is 3.82. The predicted molar refractivity (Wildman–Crippen MR) is 61.3 cm³/mol. The van der Waals surface area contributed by atoms with Crippen LogP contribution in [0.3, 0.4) is 0 Å². The van der Waals surface area contributed by atoms with E-state index in [1.54, 1.807) is 7.11 Å². The first-order valence-electron chi connectivity index (χ1n) is 5.24. The summed E-state index contributed by atoms with van der Waals surface area (Å²) in [5.41, 5.74) is 2.97. The third kappa shape index (κ3) is 2.66. The molecular formula is C13H18O2. The highest BCUT2D eigenvalue weighted by Crippen LogP contribution is 2.15. The van der Waals surface area contributed by atoms with Crippen molar-refractivity contribution in [2.24, 2.45) is 0 Å². The summed E-state index contributed by atoms with van der Waals surface area (Å²) in [7, 11) is 1.58. The van der Waals surface area contributed by atoms with Gasteiger partial charge >= 0.3 is 0 Å². The van der Waals surface area contributed by atoms with Crippen LogP contribution in [0.2, 0.25) is 0 Å². The van der Waals surface area contributed by atoms with Crippen molar-refractivity contribution in [1.29, 1.82) is 0 Å². The van der Waals surface area contributed by atoms with Crippen LogP contribution in [-0.4, -0.2) is 19.0 Å². The van der Waals surface area contributed by atoms with Gasteiger partial charge in [0.05, 0.1) is 0 Å². The Bertz CT molecular complexity index is 352. The second-order valence-electron chi connectivity index (χ2n) is 3.82. The maximum absolute atomic E-state index is 12.0. The van der Waals surface area contributed by atoms with E-state index in [2.05, 4.69) is 0 Å². The molecule has 0 saturated carbocycles. The van der Waals surface area contributed by atoms with E-state index >= 15 is 0 Å². The minimum atomic E-state index is -0.314. The van der Waals surface area contributed by atoms with Crippen LogP contribution < -0.4 is 0 Å². The molecule has 1 rings (SSSR count). The van der Waals surface area contributed by atoms with Gasteiger partial charge < -0.3 is 4.74 Å². The van der Waals surface area contributed by atoms with E-state index in [0.717, 1.165) is 11.1 Å². The highest BCUT2D eigenvalue weighted by Gasteiger charge is 2.18. The van der Waals surface area contributed by atoms with E-state index in [1.165, 1.54) is 5.56 Å². The van der Waals surface area contributed by atoms with Crippen molar-refractivity contribution in [2.45, 2.75) is 33.3 Å². The number of benzene rings is 1. The molecule has 0 radical (unpaired) electrons. The number of aryl methyl sites for hydroxylation is 2. The Balaban J connectivity index is 3.00. The largest absolute Gasteiger partial charge is 0.373 e. The third-order valence-corrected chi connectivity index (χ3v) is 2.60.